The normalized spacial score (nSPS) is 13.1. The molecule has 0 spiro atoms. The average molecular weight is 288 g/mol. The van der Waals surface area contributed by atoms with Crippen molar-refractivity contribution in [3.63, 3.8) is 0 Å². The molecule has 1 N–H and O–H groups in total. The minimum Gasteiger partial charge on any atom is -0.272 e. The molecule has 0 bridgehead atoms. The quantitative estimate of drug-likeness (QED) is 0.785. The third-order valence-electron chi connectivity index (χ3n) is 3.21. The van der Waals surface area contributed by atoms with Crippen molar-refractivity contribution in [2.45, 2.75) is 0 Å². The molecule has 106 valence electrons. The summed E-state index contributed by atoms with van der Waals surface area (Å²) >= 11 is 0. The fourth-order valence-corrected chi connectivity index (χ4v) is 2.22. The molecule has 6 heteroatoms. The van der Waals surface area contributed by atoms with Crippen LogP contribution in [-0.4, -0.2) is 20.8 Å². The monoisotopic (exact) mass is 288 g/mol. The van der Waals surface area contributed by atoms with Gasteiger partial charge in [-0.25, -0.2) is 20.0 Å². The Bertz CT molecular complexity index is 816. The number of fused-ring (bicyclic) bond motifs is 1. The number of aliphatic imine (C=N–C) groups is 1. The molecule has 0 saturated carbocycles. The van der Waals surface area contributed by atoms with Gasteiger partial charge in [-0.15, -0.1) is 0 Å². The van der Waals surface area contributed by atoms with Gasteiger partial charge in [-0.2, -0.15) is 0 Å². The van der Waals surface area contributed by atoms with Crippen LogP contribution in [0.4, 0.5) is 17.3 Å². The van der Waals surface area contributed by atoms with E-state index in [2.05, 4.69) is 25.4 Å². The lowest BCUT2D eigenvalue weighted by atomic mass is 10.3. The van der Waals surface area contributed by atoms with Gasteiger partial charge in [0.1, 0.15) is 11.4 Å². The summed E-state index contributed by atoms with van der Waals surface area (Å²) in [6.07, 6.45) is 5.22. The summed E-state index contributed by atoms with van der Waals surface area (Å²) in [5, 5.41) is 1.81. The molecule has 6 nitrogen and oxygen atoms in total. The van der Waals surface area contributed by atoms with Crippen molar-refractivity contribution in [1.82, 2.24) is 20.4 Å². The van der Waals surface area contributed by atoms with Crippen molar-refractivity contribution in [2.24, 2.45) is 4.99 Å². The van der Waals surface area contributed by atoms with E-state index < -0.39 is 0 Å². The zero-order valence-electron chi connectivity index (χ0n) is 11.6. The number of nitrogens with zero attached hydrogens (tertiary/aromatic N) is 5. The number of amidine groups is 1. The van der Waals surface area contributed by atoms with Gasteiger partial charge < -0.3 is 0 Å². The topological polar surface area (TPSA) is 66.3 Å². The number of nitrogens with one attached hydrogen (secondary N) is 1. The zero-order chi connectivity index (χ0) is 14.8. The van der Waals surface area contributed by atoms with Crippen LogP contribution in [0.3, 0.4) is 0 Å². The van der Waals surface area contributed by atoms with Crippen molar-refractivity contribution >= 4 is 23.2 Å². The maximum Gasteiger partial charge on any atom is 0.179 e. The van der Waals surface area contributed by atoms with Crippen molar-refractivity contribution in [3.05, 3.63) is 72.8 Å². The molecule has 1 aliphatic rings. The van der Waals surface area contributed by atoms with E-state index in [1.165, 1.54) is 0 Å². The van der Waals surface area contributed by atoms with Crippen LogP contribution in [0.1, 0.15) is 5.69 Å². The van der Waals surface area contributed by atoms with Crippen LogP contribution in [0.2, 0.25) is 0 Å². The largest absolute Gasteiger partial charge is 0.272 e. The first-order chi connectivity index (χ1) is 10.9. The second-order valence-corrected chi connectivity index (χ2v) is 4.66. The van der Waals surface area contributed by atoms with E-state index in [4.69, 9.17) is 0 Å². The Labute approximate surface area is 127 Å². The van der Waals surface area contributed by atoms with Gasteiger partial charge in [0.25, 0.3) is 0 Å². The van der Waals surface area contributed by atoms with Crippen molar-refractivity contribution < 1.29 is 0 Å². The van der Waals surface area contributed by atoms with E-state index in [1.54, 1.807) is 18.6 Å². The summed E-state index contributed by atoms with van der Waals surface area (Å²) in [7, 11) is 0. The number of rotatable bonds is 2. The Kier molecular flexibility index (Phi) is 2.97. The second kappa shape index (κ2) is 5.25. The average Bonchev–Trinajstić information content (AvgIpc) is 2.62. The molecule has 0 saturated heterocycles. The van der Waals surface area contributed by atoms with Gasteiger partial charge in [-0.1, -0.05) is 12.1 Å². The first-order valence-corrected chi connectivity index (χ1v) is 6.85. The van der Waals surface area contributed by atoms with Gasteiger partial charge in [0, 0.05) is 18.6 Å². The van der Waals surface area contributed by atoms with Gasteiger partial charge in [0.15, 0.2) is 17.5 Å². The third-order valence-corrected chi connectivity index (χ3v) is 3.21. The molecule has 0 unspecified atom stereocenters. The minimum absolute atomic E-state index is 0.659. The molecule has 4 rings (SSSR count). The smallest absolute Gasteiger partial charge is 0.179 e. The van der Waals surface area contributed by atoms with E-state index in [1.807, 2.05) is 53.5 Å². The second-order valence-electron chi connectivity index (χ2n) is 4.66. The minimum atomic E-state index is 0.659. The summed E-state index contributed by atoms with van der Waals surface area (Å²) in [5.41, 5.74) is 4.77. The third kappa shape index (κ3) is 2.16. The van der Waals surface area contributed by atoms with E-state index in [0.29, 0.717) is 11.7 Å². The van der Waals surface area contributed by atoms with Gasteiger partial charge >= 0.3 is 0 Å². The molecular formula is C16H12N6. The molecule has 4 heterocycles. The van der Waals surface area contributed by atoms with Crippen LogP contribution < -0.4 is 10.4 Å². The van der Waals surface area contributed by atoms with Crippen molar-refractivity contribution in [2.75, 3.05) is 5.01 Å². The predicted molar refractivity (Wildman–Crippen MR) is 84.2 cm³/mol. The number of hydrogen-bond acceptors (Lipinski definition) is 6. The summed E-state index contributed by atoms with van der Waals surface area (Å²) in [5.74, 6) is 2.11. The van der Waals surface area contributed by atoms with Crippen LogP contribution in [0.5, 0.6) is 0 Å². The Morgan fingerprint density at radius 3 is 2.36 bits per heavy atom. The molecule has 3 aromatic heterocycles. The molecule has 0 aromatic carbocycles. The highest BCUT2D eigenvalue weighted by Gasteiger charge is 2.23. The van der Waals surface area contributed by atoms with E-state index in [-0.39, 0.29) is 0 Å². The summed E-state index contributed by atoms with van der Waals surface area (Å²) < 4.78 is 0. The van der Waals surface area contributed by atoms with Gasteiger partial charge in [0.2, 0.25) is 0 Å². The van der Waals surface area contributed by atoms with E-state index in [9.17, 15) is 0 Å². The Morgan fingerprint density at radius 1 is 0.773 bits per heavy atom. The Hall–Kier alpha value is -3.28. The van der Waals surface area contributed by atoms with Gasteiger partial charge in [-0.3, -0.25) is 10.4 Å². The number of aromatic nitrogens is 3. The van der Waals surface area contributed by atoms with Crippen molar-refractivity contribution in [1.29, 1.82) is 0 Å². The van der Waals surface area contributed by atoms with E-state index >= 15 is 0 Å². The molecule has 0 atom stereocenters. The fourth-order valence-electron chi connectivity index (χ4n) is 2.22. The Balaban J connectivity index is 1.84. The highest BCUT2D eigenvalue weighted by Crippen LogP contribution is 2.32. The number of hydrogen-bond donors (Lipinski definition) is 1. The molecule has 3 aromatic rings. The molecule has 0 aliphatic carbocycles. The SMILES string of the molecule is c1ccc(C2=Nc3cccnc3N(c3ccccn3)N2)nc1. The number of anilines is 2. The fraction of sp³-hybridized carbons (Fsp3) is 0. The maximum absolute atomic E-state index is 4.60. The van der Waals surface area contributed by atoms with Crippen molar-refractivity contribution in [3.8, 4) is 0 Å². The van der Waals surface area contributed by atoms with Crippen LogP contribution in [0, 0.1) is 0 Å². The standard InChI is InChI=1S/C16H12N6/c1-3-9-17-12(6-1)15-20-13-7-5-11-19-16(13)22(21-15)14-8-2-4-10-18-14/h1-11H,(H,20,21). The summed E-state index contributed by atoms with van der Waals surface area (Å²) in [4.78, 5) is 17.7. The molecule has 1 aliphatic heterocycles. The van der Waals surface area contributed by atoms with E-state index in [0.717, 1.165) is 17.2 Å². The first-order valence-electron chi connectivity index (χ1n) is 6.85. The number of hydrazine groups is 1. The van der Waals surface area contributed by atoms with Crippen LogP contribution >= 0.6 is 0 Å². The first kappa shape index (κ1) is 12.5. The van der Waals surface area contributed by atoms with Crippen LogP contribution in [0.15, 0.2) is 72.1 Å². The van der Waals surface area contributed by atoms with Gasteiger partial charge in [0.05, 0.1) is 0 Å². The maximum atomic E-state index is 4.60. The zero-order valence-corrected chi connectivity index (χ0v) is 11.6. The molecule has 0 amide bonds. The highest BCUT2D eigenvalue weighted by molar-refractivity contribution is 6.02. The predicted octanol–water partition coefficient (Wildman–Crippen LogP) is 2.61. The lowest BCUT2D eigenvalue weighted by Gasteiger charge is -2.29. The van der Waals surface area contributed by atoms with Gasteiger partial charge in [-0.05, 0) is 36.4 Å². The lowest BCUT2D eigenvalue weighted by Crippen LogP contribution is -2.42. The number of pyridine rings is 3. The van der Waals surface area contributed by atoms with Crippen LogP contribution in [0.25, 0.3) is 0 Å². The lowest BCUT2D eigenvalue weighted by molar-refractivity contribution is 0.864. The molecular weight excluding hydrogens is 276 g/mol. The highest BCUT2D eigenvalue weighted by atomic mass is 15.6. The molecule has 0 radical (unpaired) electrons. The summed E-state index contributed by atoms with van der Waals surface area (Å²) in [6.45, 7) is 0. The molecule has 0 fully saturated rings. The summed E-state index contributed by atoms with van der Waals surface area (Å²) in [6, 6.07) is 15.2. The molecule has 22 heavy (non-hydrogen) atoms. The Morgan fingerprint density at radius 2 is 1.59 bits per heavy atom. The van der Waals surface area contributed by atoms with Crippen LogP contribution in [-0.2, 0) is 0 Å².